The number of aliphatic hydroxyl groups is 2. The molecule has 1 rings (SSSR count). The van der Waals surface area contributed by atoms with Gasteiger partial charge in [0.25, 0.3) is 0 Å². The summed E-state index contributed by atoms with van der Waals surface area (Å²) in [6.45, 7) is 5.79. The monoisotopic (exact) mass is 1110 g/mol. The highest BCUT2D eigenvalue weighted by Gasteiger charge is 2.50. The number of carboxylic acid groups (broad SMARTS) is 1. The third kappa shape index (κ3) is 44.0. The molecule has 0 aromatic carbocycles. The Morgan fingerprint density at radius 3 is 1.29 bits per heavy atom. The molecule has 3 N–H and O–H groups in total. The second-order valence-electron chi connectivity index (χ2n) is 20.9. The summed E-state index contributed by atoms with van der Waals surface area (Å²) in [5.41, 5.74) is 0. The smallest absolute Gasteiger partial charge is 0.335 e. The van der Waals surface area contributed by atoms with Crippen molar-refractivity contribution in [3.8, 4) is 0 Å². The van der Waals surface area contributed by atoms with Crippen LogP contribution in [0.15, 0.2) is 97.2 Å². The van der Waals surface area contributed by atoms with Crippen LogP contribution in [0.5, 0.6) is 0 Å². The third-order valence-electron chi connectivity index (χ3n) is 13.6. The molecular formula is C67H110O12. The van der Waals surface area contributed by atoms with Crippen LogP contribution in [0.3, 0.4) is 0 Å². The number of hydrogen-bond acceptors (Lipinski definition) is 11. The van der Waals surface area contributed by atoms with Gasteiger partial charge in [-0.3, -0.25) is 14.4 Å². The molecule has 12 nitrogen and oxygen atoms in total. The number of carbonyl (C=O) groups excluding carboxylic acids is 3. The van der Waals surface area contributed by atoms with Crippen molar-refractivity contribution in [2.45, 2.75) is 289 Å². The van der Waals surface area contributed by atoms with Crippen LogP contribution < -0.4 is 0 Å². The maximum atomic E-state index is 13.2. The number of carboxylic acids is 1. The minimum atomic E-state index is -1.92. The lowest BCUT2D eigenvalue weighted by atomic mass is 9.98. The van der Waals surface area contributed by atoms with E-state index in [4.69, 9.17) is 23.7 Å². The summed E-state index contributed by atoms with van der Waals surface area (Å²) >= 11 is 0. The summed E-state index contributed by atoms with van der Waals surface area (Å²) < 4.78 is 28.4. The first-order chi connectivity index (χ1) is 38.6. The van der Waals surface area contributed by atoms with Crippen molar-refractivity contribution in [1.29, 1.82) is 0 Å². The Labute approximate surface area is 479 Å². The number of aliphatic carboxylic acids is 1. The predicted octanol–water partition coefficient (Wildman–Crippen LogP) is 16.5. The zero-order valence-corrected chi connectivity index (χ0v) is 49.6. The van der Waals surface area contributed by atoms with E-state index in [1.165, 1.54) is 64.2 Å². The number of unbranched alkanes of at least 4 members (excludes halogenated alkanes) is 22. The first-order valence-electron chi connectivity index (χ1n) is 31.2. The fraction of sp³-hybridized carbons (Fsp3) is 0.701. The molecule has 1 aliphatic rings. The van der Waals surface area contributed by atoms with Crippen LogP contribution in [0.1, 0.15) is 252 Å². The van der Waals surface area contributed by atoms with Crippen molar-refractivity contribution in [2.75, 3.05) is 13.2 Å². The fourth-order valence-electron chi connectivity index (χ4n) is 8.84. The van der Waals surface area contributed by atoms with Gasteiger partial charge in [-0.1, -0.05) is 214 Å². The van der Waals surface area contributed by atoms with Crippen LogP contribution in [0.25, 0.3) is 0 Å². The van der Waals surface area contributed by atoms with Crippen LogP contribution in [0.4, 0.5) is 0 Å². The van der Waals surface area contributed by atoms with Gasteiger partial charge in [0, 0.05) is 19.3 Å². The van der Waals surface area contributed by atoms with Gasteiger partial charge in [-0.2, -0.15) is 0 Å². The highest BCUT2D eigenvalue weighted by molar-refractivity contribution is 5.74. The Bertz CT molecular complexity index is 1740. The van der Waals surface area contributed by atoms with Crippen molar-refractivity contribution >= 4 is 23.9 Å². The van der Waals surface area contributed by atoms with Gasteiger partial charge in [0.2, 0.25) is 0 Å². The average Bonchev–Trinajstić information content (AvgIpc) is 3.46. The fourth-order valence-corrected chi connectivity index (χ4v) is 8.84. The second-order valence-corrected chi connectivity index (χ2v) is 20.9. The lowest BCUT2D eigenvalue weighted by Crippen LogP contribution is -2.61. The highest BCUT2D eigenvalue weighted by Crippen LogP contribution is 2.26. The molecule has 0 bridgehead atoms. The Morgan fingerprint density at radius 2 is 0.823 bits per heavy atom. The standard InChI is InChI=1S/C67H110O12/c1-4-7-10-13-16-19-22-25-27-29-30-32-34-37-40-43-46-49-52-55-61(70)78-65-63(72)62(71)64(66(73)74)79-67(65)76-57-58(77-60(69)54-51-48-45-42-39-35-24-21-18-15-12-9-6-3)56-75-59(68)53-50-47-44-41-38-36-33-31-28-26-23-20-17-14-11-8-5-2/h7,10,12,15-16,19,21,24-28,30,32,37,40,58,62-65,67,71-72H,4-6,8-9,11,13-14,17-18,20,22-23,29,31,33-36,38-39,41-57H2,1-3H3,(H,73,74)/b10-7-,15-12-,19-16-,24-21-,27-25-,28-26-,32-30-,40-37-. The lowest BCUT2D eigenvalue weighted by Gasteiger charge is -2.40. The molecule has 0 aromatic rings. The van der Waals surface area contributed by atoms with E-state index >= 15 is 0 Å². The molecule has 6 atom stereocenters. The number of hydrogen-bond donors (Lipinski definition) is 3. The van der Waals surface area contributed by atoms with E-state index < -0.39 is 67.3 Å². The van der Waals surface area contributed by atoms with E-state index in [0.29, 0.717) is 19.3 Å². The summed E-state index contributed by atoms with van der Waals surface area (Å²) in [5.74, 6) is -3.19. The minimum absolute atomic E-state index is 0.0154. The van der Waals surface area contributed by atoms with Gasteiger partial charge in [0.15, 0.2) is 24.6 Å². The summed E-state index contributed by atoms with van der Waals surface area (Å²) in [5, 5.41) is 31.5. The molecule has 0 saturated carbocycles. The van der Waals surface area contributed by atoms with Gasteiger partial charge in [-0.25, -0.2) is 4.79 Å². The zero-order chi connectivity index (χ0) is 57.5. The largest absolute Gasteiger partial charge is 0.479 e. The third-order valence-corrected chi connectivity index (χ3v) is 13.6. The quantitative estimate of drug-likeness (QED) is 0.0228. The van der Waals surface area contributed by atoms with Gasteiger partial charge >= 0.3 is 23.9 Å². The Morgan fingerprint density at radius 1 is 0.430 bits per heavy atom. The predicted molar refractivity (Wildman–Crippen MR) is 321 cm³/mol. The van der Waals surface area contributed by atoms with Crippen LogP contribution in [0, 0.1) is 0 Å². The number of ether oxygens (including phenoxy) is 5. The van der Waals surface area contributed by atoms with E-state index in [0.717, 1.165) is 128 Å². The molecule has 1 heterocycles. The Balaban J connectivity index is 2.69. The molecule has 1 fully saturated rings. The Hall–Kier alpha value is -4.36. The first kappa shape index (κ1) is 72.7. The highest BCUT2D eigenvalue weighted by atomic mass is 16.7. The van der Waals surface area contributed by atoms with E-state index in [1.54, 1.807) is 0 Å². The van der Waals surface area contributed by atoms with Crippen molar-refractivity contribution in [3.05, 3.63) is 97.2 Å². The molecule has 6 unspecified atom stereocenters. The summed E-state index contributed by atoms with van der Waals surface area (Å²) in [6.07, 6.45) is 59.4. The van der Waals surface area contributed by atoms with Crippen molar-refractivity contribution < 1.29 is 58.2 Å². The van der Waals surface area contributed by atoms with E-state index in [9.17, 15) is 34.5 Å². The maximum absolute atomic E-state index is 13.2. The van der Waals surface area contributed by atoms with Crippen molar-refractivity contribution in [2.24, 2.45) is 0 Å². The van der Waals surface area contributed by atoms with Crippen molar-refractivity contribution in [3.63, 3.8) is 0 Å². The van der Waals surface area contributed by atoms with Crippen LogP contribution >= 0.6 is 0 Å². The number of aliphatic hydroxyl groups excluding tert-OH is 2. The topological polar surface area (TPSA) is 175 Å². The van der Waals surface area contributed by atoms with Gasteiger partial charge in [0.1, 0.15) is 18.8 Å². The summed E-state index contributed by atoms with van der Waals surface area (Å²) in [6, 6.07) is 0. The molecule has 0 amide bonds. The molecular weight excluding hydrogens is 997 g/mol. The molecule has 12 heteroatoms. The molecule has 0 radical (unpaired) electrons. The number of esters is 3. The van der Waals surface area contributed by atoms with Gasteiger partial charge in [-0.15, -0.1) is 0 Å². The van der Waals surface area contributed by atoms with Crippen LogP contribution in [0.2, 0.25) is 0 Å². The molecule has 0 aliphatic carbocycles. The lowest BCUT2D eigenvalue weighted by molar-refractivity contribution is -0.301. The minimum Gasteiger partial charge on any atom is -0.479 e. The normalized spacial score (nSPS) is 18.5. The number of allylic oxidation sites excluding steroid dienone is 16. The zero-order valence-electron chi connectivity index (χ0n) is 49.6. The van der Waals surface area contributed by atoms with Gasteiger partial charge in [0.05, 0.1) is 6.61 Å². The molecule has 1 saturated heterocycles. The van der Waals surface area contributed by atoms with Gasteiger partial charge < -0.3 is 39.0 Å². The first-order valence-corrected chi connectivity index (χ1v) is 31.2. The van der Waals surface area contributed by atoms with E-state index in [-0.39, 0.29) is 25.9 Å². The van der Waals surface area contributed by atoms with Gasteiger partial charge in [-0.05, 0) is 116 Å². The Kier molecular flexibility index (Phi) is 49.9. The molecule has 1 aliphatic heterocycles. The van der Waals surface area contributed by atoms with E-state index in [2.05, 4.69) is 118 Å². The van der Waals surface area contributed by atoms with Crippen LogP contribution in [-0.4, -0.2) is 89.2 Å². The SMILES string of the molecule is CC/C=C\C/C=C\C/C=C\C/C=C\C/C=C\CCCCCC(=O)OC1C(OCC(COC(=O)CCCCCCCCC/C=C\CCCCCCCC)OC(=O)CCCCCCC/C=C\C/C=C\CCC)OC(C(=O)O)C(O)C1O. The molecule has 0 spiro atoms. The molecule has 450 valence electrons. The summed E-state index contributed by atoms with van der Waals surface area (Å²) in [4.78, 5) is 51.2. The van der Waals surface area contributed by atoms with Crippen LogP contribution in [-0.2, 0) is 42.9 Å². The summed E-state index contributed by atoms with van der Waals surface area (Å²) in [7, 11) is 0. The number of carbonyl (C=O) groups is 4. The van der Waals surface area contributed by atoms with Crippen molar-refractivity contribution in [1.82, 2.24) is 0 Å². The van der Waals surface area contributed by atoms with E-state index in [1.807, 2.05) is 0 Å². The average molecular weight is 1110 g/mol. The second kappa shape index (κ2) is 54.2. The maximum Gasteiger partial charge on any atom is 0.335 e. The molecule has 79 heavy (non-hydrogen) atoms. The molecule has 0 aromatic heterocycles. The number of rotatable bonds is 52.